The van der Waals surface area contributed by atoms with Crippen molar-refractivity contribution in [3.63, 3.8) is 0 Å². The average Bonchev–Trinajstić information content (AvgIpc) is 2.67. The van der Waals surface area contributed by atoms with Crippen molar-refractivity contribution in [1.29, 1.82) is 0 Å². The molecule has 4 heterocycles. The maximum atomic E-state index is 6.52. The lowest BCUT2D eigenvalue weighted by Crippen LogP contribution is -2.72. The fraction of sp³-hybridized carbons (Fsp3) is 0.667. The molecule has 1 aliphatic carbocycles. The van der Waals surface area contributed by atoms with Gasteiger partial charge in [-0.05, 0) is 62.5 Å². The van der Waals surface area contributed by atoms with Crippen LogP contribution in [0.5, 0.6) is 0 Å². The first kappa shape index (κ1) is 18.6. The molecule has 4 aliphatic heterocycles. The fourth-order valence-electron chi connectivity index (χ4n) is 5.90. The Balaban J connectivity index is 1.51. The van der Waals surface area contributed by atoms with Crippen LogP contribution < -0.4 is 0 Å². The number of rotatable bonds is 0. The van der Waals surface area contributed by atoms with E-state index in [2.05, 4.69) is 25.7 Å². The van der Waals surface area contributed by atoms with Gasteiger partial charge in [0, 0.05) is 17.9 Å². The summed E-state index contributed by atoms with van der Waals surface area (Å²) in [5, 5.41) is 0. The van der Waals surface area contributed by atoms with Crippen LogP contribution in [-0.4, -0.2) is 23.8 Å². The summed E-state index contributed by atoms with van der Waals surface area (Å²) < 4.78 is 13.0. The first-order chi connectivity index (χ1) is 13.5. The minimum Gasteiger partial charge on any atom is -0.333 e. The molecule has 8 atom stereocenters. The highest BCUT2D eigenvalue weighted by molar-refractivity contribution is 5.35. The van der Waals surface area contributed by atoms with Gasteiger partial charge >= 0.3 is 0 Å². The third-order valence-electron chi connectivity index (χ3n) is 7.35. The van der Waals surface area contributed by atoms with Crippen LogP contribution in [0.2, 0.25) is 0 Å². The number of hydrogen-bond donors (Lipinski definition) is 0. The molecule has 1 unspecified atom stereocenters. The molecule has 5 fully saturated rings. The van der Waals surface area contributed by atoms with Crippen LogP contribution >= 0.6 is 0 Å². The summed E-state index contributed by atoms with van der Waals surface area (Å²) >= 11 is 0. The lowest BCUT2D eigenvalue weighted by molar-refractivity contribution is -0.583. The smallest absolute Gasteiger partial charge is 0.201 e. The molecule has 0 radical (unpaired) electrons. The molecular weight excluding hydrogens is 352 g/mol. The van der Waals surface area contributed by atoms with Crippen LogP contribution in [0.25, 0.3) is 0 Å². The molecule has 4 nitrogen and oxygen atoms in total. The summed E-state index contributed by atoms with van der Waals surface area (Å²) in [7, 11) is 0. The normalized spacial score (nSPS) is 47.2. The Morgan fingerprint density at radius 1 is 1.07 bits per heavy atom. The Kier molecular flexibility index (Phi) is 4.56. The number of hydrogen-bond acceptors (Lipinski definition) is 4. The van der Waals surface area contributed by atoms with E-state index in [9.17, 15) is 0 Å². The highest BCUT2D eigenvalue weighted by atomic mass is 17.3. The van der Waals surface area contributed by atoms with E-state index in [1.54, 1.807) is 0 Å². The zero-order valence-electron chi connectivity index (χ0n) is 17.0. The first-order valence-corrected chi connectivity index (χ1v) is 10.8. The van der Waals surface area contributed by atoms with Crippen molar-refractivity contribution < 1.29 is 19.2 Å². The van der Waals surface area contributed by atoms with E-state index in [0.29, 0.717) is 17.8 Å². The zero-order valence-corrected chi connectivity index (χ0v) is 17.0. The fourth-order valence-corrected chi connectivity index (χ4v) is 5.90. The van der Waals surface area contributed by atoms with Crippen LogP contribution in [0.3, 0.4) is 0 Å². The monoisotopic (exact) mass is 382 g/mol. The van der Waals surface area contributed by atoms with Crippen molar-refractivity contribution in [2.75, 3.05) is 0 Å². The van der Waals surface area contributed by atoms with Gasteiger partial charge in [0.15, 0.2) is 11.9 Å². The molecule has 1 aromatic rings. The van der Waals surface area contributed by atoms with Crippen LogP contribution in [0.1, 0.15) is 58.4 Å². The Morgan fingerprint density at radius 3 is 2.71 bits per heavy atom. The molecule has 0 aromatic heterocycles. The van der Waals surface area contributed by atoms with Gasteiger partial charge in [0.1, 0.15) is 6.10 Å². The van der Waals surface area contributed by atoms with Crippen LogP contribution in [0.15, 0.2) is 30.3 Å². The lowest BCUT2D eigenvalue weighted by atomic mass is 9.57. The molecular formula is C24H30O4. The summed E-state index contributed by atoms with van der Waals surface area (Å²) in [4.78, 5) is 12.2. The van der Waals surface area contributed by atoms with E-state index in [4.69, 9.17) is 19.2 Å². The average molecular weight is 383 g/mol. The molecule has 4 saturated heterocycles. The van der Waals surface area contributed by atoms with Gasteiger partial charge in [-0.2, -0.15) is 0 Å². The Morgan fingerprint density at radius 2 is 1.89 bits per heavy atom. The van der Waals surface area contributed by atoms with Gasteiger partial charge in [-0.15, -0.1) is 0 Å². The van der Waals surface area contributed by atoms with E-state index in [1.165, 1.54) is 0 Å². The van der Waals surface area contributed by atoms with Crippen molar-refractivity contribution in [1.82, 2.24) is 0 Å². The third-order valence-corrected chi connectivity index (χ3v) is 7.35. The van der Waals surface area contributed by atoms with E-state index < -0.39 is 17.7 Å². The van der Waals surface area contributed by atoms with Gasteiger partial charge in [0.05, 0.1) is 0 Å². The van der Waals surface area contributed by atoms with Crippen molar-refractivity contribution in [3.05, 3.63) is 35.9 Å². The van der Waals surface area contributed by atoms with Gasteiger partial charge in [-0.25, -0.2) is 9.78 Å². The first-order valence-electron chi connectivity index (χ1n) is 10.8. The summed E-state index contributed by atoms with van der Waals surface area (Å²) in [6.45, 7) is 6.58. The van der Waals surface area contributed by atoms with Crippen molar-refractivity contribution in [3.8, 4) is 11.8 Å². The SMILES string of the molecule is C[C@H]1C[C@@H]2CCCC3(C)OO[C@]24[C@H](O[C@H](C#Cc2ccccc2)[C@H](C)[C@@H]4C1)O3. The summed E-state index contributed by atoms with van der Waals surface area (Å²) in [6.07, 6.45) is 4.74. The second kappa shape index (κ2) is 6.85. The van der Waals surface area contributed by atoms with Crippen LogP contribution in [0, 0.1) is 35.5 Å². The molecule has 6 rings (SSSR count). The predicted octanol–water partition coefficient (Wildman–Crippen LogP) is 4.68. The summed E-state index contributed by atoms with van der Waals surface area (Å²) in [5.41, 5.74) is 0.511. The number of fused-ring (bicyclic) bond motifs is 3. The molecule has 0 N–H and O–H groups in total. The molecule has 4 heteroatoms. The van der Waals surface area contributed by atoms with Crippen LogP contribution in [0.4, 0.5) is 0 Å². The molecule has 5 aliphatic rings. The zero-order chi connectivity index (χ0) is 19.4. The summed E-state index contributed by atoms with van der Waals surface area (Å²) in [5.74, 6) is 7.61. The van der Waals surface area contributed by atoms with E-state index in [1.807, 2.05) is 37.3 Å². The maximum absolute atomic E-state index is 6.52. The second-order valence-electron chi connectivity index (χ2n) is 9.43. The molecule has 1 aromatic carbocycles. The number of ether oxygens (including phenoxy) is 2. The van der Waals surface area contributed by atoms with Crippen molar-refractivity contribution in [2.24, 2.45) is 23.7 Å². The number of benzene rings is 1. The standard InChI is InChI=1S/C24H30O4/c1-16-14-19-10-7-13-23(3)26-22-24(19,28-27-23)20(15-16)17(2)21(25-22)12-11-18-8-5-4-6-9-18/h4-6,8-9,16-17,19-22H,7,10,13-15H2,1-3H3/t16-,17+,19-,20-,21+,22+,23?,24+/m0/s1. The Labute approximate surface area is 167 Å². The molecule has 1 spiro atoms. The molecule has 0 amide bonds. The Hall–Kier alpha value is -1.38. The molecule has 150 valence electrons. The third kappa shape index (κ3) is 2.92. The van der Waals surface area contributed by atoms with Gasteiger partial charge in [0.2, 0.25) is 5.79 Å². The molecule has 2 bridgehead atoms. The second-order valence-corrected chi connectivity index (χ2v) is 9.43. The van der Waals surface area contributed by atoms with Gasteiger partial charge < -0.3 is 9.47 Å². The highest BCUT2D eigenvalue weighted by Gasteiger charge is 2.67. The van der Waals surface area contributed by atoms with E-state index in [0.717, 1.165) is 37.7 Å². The largest absolute Gasteiger partial charge is 0.333 e. The van der Waals surface area contributed by atoms with Crippen molar-refractivity contribution in [2.45, 2.75) is 76.7 Å². The topological polar surface area (TPSA) is 36.9 Å². The maximum Gasteiger partial charge on any atom is 0.201 e. The Bertz CT molecular complexity index is 783. The highest BCUT2D eigenvalue weighted by Crippen LogP contribution is 2.59. The lowest BCUT2D eigenvalue weighted by Gasteiger charge is -2.62. The molecule has 28 heavy (non-hydrogen) atoms. The van der Waals surface area contributed by atoms with Crippen molar-refractivity contribution >= 4 is 0 Å². The quantitative estimate of drug-likeness (QED) is 0.482. The van der Waals surface area contributed by atoms with Crippen LogP contribution in [-0.2, 0) is 19.2 Å². The van der Waals surface area contributed by atoms with Gasteiger partial charge in [-0.3, -0.25) is 0 Å². The van der Waals surface area contributed by atoms with Gasteiger partial charge in [-0.1, -0.05) is 43.9 Å². The van der Waals surface area contributed by atoms with E-state index >= 15 is 0 Å². The van der Waals surface area contributed by atoms with Gasteiger partial charge in [0.25, 0.3) is 0 Å². The summed E-state index contributed by atoms with van der Waals surface area (Å²) in [6, 6.07) is 10.1. The van der Waals surface area contributed by atoms with E-state index in [-0.39, 0.29) is 12.0 Å². The molecule has 1 saturated carbocycles. The minimum absolute atomic E-state index is 0.167. The minimum atomic E-state index is -0.730. The predicted molar refractivity (Wildman–Crippen MR) is 105 cm³/mol.